The molecule has 1 amide bonds. The molecule has 1 fully saturated rings. The van der Waals surface area contributed by atoms with E-state index in [1.807, 2.05) is 4.90 Å². The van der Waals surface area contributed by atoms with Gasteiger partial charge in [-0.2, -0.15) is 0 Å². The molecular formula is C12H17NO2. The summed E-state index contributed by atoms with van der Waals surface area (Å²) in [6, 6.07) is 3.82. The maximum atomic E-state index is 12.0. The van der Waals surface area contributed by atoms with Gasteiger partial charge in [-0.3, -0.25) is 4.79 Å². The standard InChI is InChI=1S/C12H17NO2/c1-9-5-6-10(2)13(8-9)12(14)11-4-3-7-15-11/h3-4,7,9-10H,5-6,8H2,1-2H3. The quantitative estimate of drug-likeness (QED) is 0.709. The number of hydrogen-bond acceptors (Lipinski definition) is 2. The zero-order valence-electron chi connectivity index (χ0n) is 9.27. The number of furan rings is 1. The third-order valence-electron chi connectivity index (χ3n) is 3.11. The lowest BCUT2D eigenvalue weighted by atomic mass is 9.95. The number of rotatable bonds is 1. The van der Waals surface area contributed by atoms with Crippen molar-refractivity contribution in [3.05, 3.63) is 24.2 Å². The van der Waals surface area contributed by atoms with Gasteiger partial charge in [0.05, 0.1) is 6.26 Å². The van der Waals surface area contributed by atoms with Gasteiger partial charge in [-0.15, -0.1) is 0 Å². The highest BCUT2D eigenvalue weighted by molar-refractivity contribution is 5.91. The van der Waals surface area contributed by atoms with E-state index >= 15 is 0 Å². The number of nitrogens with zero attached hydrogens (tertiary/aromatic N) is 1. The van der Waals surface area contributed by atoms with Gasteiger partial charge < -0.3 is 9.32 Å². The van der Waals surface area contributed by atoms with Crippen LogP contribution in [0.3, 0.4) is 0 Å². The summed E-state index contributed by atoms with van der Waals surface area (Å²) in [6.07, 6.45) is 3.85. The summed E-state index contributed by atoms with van der Waals surface area (Å²) in [6.45, 7) is 5.14. The lowest BCUT2D eigenvalue weighted by Gasteiger charge is -2.36. The largest absolute Gasteiger partial charge is 0.459 e. The fourth-order valence-corrected chi connectivity index (χ4v) is 2.11. The van der Waals surface area contributed by atoms with Crippen LogP contribution >= 0.6 is 0 Å². The van der Waals surface area contributed by atoms with Crippen molar-refractivity contribution in [2.24, 2.45) is 5.92 Å². The molecule has 0 aliphatic carbocycles. The molecule has 0 aromatic carbocycles. The minimum absolute atomic E-state index is 0.0269. The maximum Gasteiger partial charge on any atom is 0.289 e. The van der Waals surface area contributed by atoms with Gasteiger partial charge in [0.1, 0.15) is 0 Å². The van der Waals surface area contributed by atoms with Gasteiger partial charge in [0.15, 0.2) is 5.76 Å². The Morgan fingerprint density at radius 2 is 2.27 bits per heavy atom. The summed E-state index contributed by atoms with van der Waals surface area (Å²) in [7, 11) is 0. The molecule has 0 N–H and O–H groups in total. The van der Waals surface area contributed by atoms with Crippen LogP contribution in [0, 0.1) is 5.92 Å². The minimum Gasteiger partial charge on any atom is -0.459 e. The van der Waals surface area contributed by atoms with Crippen LogP contribution < -0.4 is 0 Å². The lowest BCUT2D eigenvalue weighted by Crippen LogP contribution is -2.44. The third-order valence-corrected chi connectivity index (χ3v) is 3.11. The molecule has 15 heavy (non-hydrogen) atoms. The molecule has 1 saturated heterocycles. The van der Waals surface area contributed by atoms with E-state index in [1.54, 1.807) is 18.4 Å². The second-order valence-electron chi connectivity index (χ2n) is 4.47. The van der Waals surface area contributed by atoms with Gasteiger partial charge in [-0.05, 0) is 37.8 Å². The van der Waals surface area contributed by atoms with E-state index in [2.05, 4.69) is 13.8 Å². The van der Waals surface area contributed by atoms with Crippen molar-refractivity contribution in [1.82, 2.24) is 4.90 Å². The average molecular weight is 207 g/mol. The van der Waals surface area contributed by atoms with E-state index in [0.29, 0.717) is 17.7 Å². The Labute approximate surface area is 90.1 Å². The normalized spacial score (nSPS) is 26.7. The number of hydrogen-bond donors (Lipinski definition) is 0. The molecule has 0 spiro atoms. The Kier molecular flexibility index (Phi) is 2.80. The average Bonchev–Trinajstić information content (AvgIpc) is 2.74. The molecule has 2 rings (SSSR count). The first-order valence-corrected chi connectivity index (χ1v) is 5.53. The topological polar surface area (TPSA) is 33.5 Å². The third kappa shape index (κ3) is 2.06. The van der Waals surface area contributed by atoms with Crippen molar-refractivity contribution in [3.8, 4) is 0 Å². The van der Waals surface area contributed by atoms with Crippen LogP contribution in [0.5, 0.6) is 0 Å². The predicted octanol–water partition coefficient (Wildman–Crippen LogP) is 2.54. The zero-order chi connectivity index (χ0) is 10.8. The van der Waals surface area contributed by atoms with Crippen molar-refractivity contribution in [1.29, 1.82) is 0 Å². The fourth-order valence-electron chi connectivity index (χ4n) is 2.11. The molecule has 0 bridgehead atoms. The van der Waals surface area contributed by atoms with Crippen LogP contribution in [0.2, 0.25) is 0 Å². The molecule has 82 valence electrons. The predicted molar refractivity (Wildman–Crippen MR) is 57.6 cm³/mol. The van der Waals surface area contributed by atoms with E-state index in [-0.39, 0.29) is 5.91 Å². The zero-order valence-corrected chi connectivity index (χ0v) is 9.27. The van der Waals surface area contributed by atoms with E-state index in [4.69, 9.17) is 4.42 Å². The van der Waals surface area contributed by atoms with Crippen molar-refractivity contribution in [3.63, 3.8) is 0 Å². The second kappa shape index (κ2) is 4.09. The van der Waals surface area contributed by atoms with Gasteiger partial charge in [0.2, 0.25) is 0 Å². The Morgan fingerprint density at radius 3 is 2.93 bits per heavy atom. The van der Waals surface area contributed by atoms with Crippen LogP contribution in [0.1, 0.15) is 37.2 Å². The van der Waals surface area contributed by atoms with Crippen molar-refractivity contribution in [2.45, 2.75) is 32.7 Å². The van der Waals surface area contributed by atoms with Crippen molar-refractivity contribution >= 4 is 5.91 Å². The lowest BCUT2D eigenvalue weighted by molar-refractivity contribution is 0.0542. The summed E-state index contributed by atoms with van der Waals surface area (Å²) < 4.78 is 5.14. The number of piperidine rings is 1. The first-order valence-electron chi connectivity index (χ1n) is 5.53. The maximum absolute atomic E-state index is 12.0. The van der Waals surface area contributed by atoms with Gasteiger partial charge >= 0.3 is 0 Å². The Hall–Kier alpha value is -1.25. The SMILES string of the molecule is CC1CCC(C)N(C(=O)c2ccco2)C1. The molecule has 3 nitrogen and oxygen atoms in total. The molecule has 1 aliphatic heterocycles. The first kappa shape index (κ1) is 10.3. The first-order chi connectivity index (χ1) is 7.18. The Bertz CT molecular complexity index is 331. The summed E-state index contributed by atoms with van der Waals surface area (Å²) in [4.78, 5) is 14.0. The van der Waals surface area contributed by atoms with Crippen LogP contribution in [0.15, 0.2) is 22.8 Å². The van der Waals surface area contributed by atoms with Gasteiger partial charge in [-0.25, -0.2) is 0 Å². The Balaban J connectivity index is 2.12. The van der Waals surface area contributed by atoms with Gasteiger partial charge in [-0.1, -0.05) is 6.92 Å². The summed E-state index contributed by atoms with van der Waals surface area (Å²) in [5, 5.41) is 0. The molecule has 2 heterocycles. The minimum atomic E-state index is 0.0269. The molecule has 2 unspecified atom stereocenters. The summed E-state index contributed by atoms with van der Waals surface area (Å²) in [5.41, 5.74) is 0. The fraction of sp³-hybridized carbons (Fsp3) is 0.583. The van der Waals surface area contributed by atoms with Crippen LogP contribution in [0.25, 0.3) is 0 Å². The van der Waals surface area contributed by atoms with Crippen LogP contribution in [-0.2, 0) is 0 Å². The van der Waals surface area contributed by atoms with E-state index < -0.39 is 0 Å². The van der Waals surface area contributed by atoms with Crippen molar-refractivity contribution in [2.75, 3.05) is 6.54 Å². The van der Waals surface area contributed by atoms with Crippen LogP contribution in [-0.4, -0.2) is 23.4 Å². The molecule has 1 aromatic heterocycles. The van der Waals surface area contributed by atoms with E-state index in [9.17, 15) is 4.79 Å². The van der Waals surface area contributed by atoms with Gasteiger partial charge in [0, 0.05) is 12.6 Å². The smallest absolute Gasteiger partial charge is 0.289 e. The monoisotopic (exact) mass is 207 g/mol. The summed E-state index contributed by atoms with van der Waals surface area (Å²) >= 11 is 0. The number of likely N-dealkylation sites (tertiary alicyclic amines) is 1. The van der Waals surface area contributed by atoms with E-state index in [1.165, 1.54) is 6.42 Å². The van der Waals surface area contributed by atoms with Gasteiger partial charge in [0.25, 0.3) is 5.91 Å². The molecule has 2 atom stereocenters. The van der Waals surface area contributed by atoms with Crippen molar-refractivity contribution < 1.29 is 9.21 Å². The number of amides is 1. The molecule has 1 aromatic rings. The van der Waals surface area contributed by atoms with E-state index in [0.717, 1.165) is 13.0 Å². The molecule has 0 saturated carbocycles. The van der Waals surface area contributed by atoms with Crippen LogP contribution in [0.4, 0.5) is 0 Å². The summed E-state index contributed by atoms with van der Waals surface area (Å²) in [5.74, 6) is 1.08. The number of carbonyl (C=O) groups is 1. The highest BCUT2D eigenvalue weighted by atomic mass is 16.3. The number of carbonyl (C=O) groups excluding carboxylic acids is 1. The molecule has 0 radical (unpaired) electrons. The highest BCUT2D eigenvalue weighted by Crippen LogP contribution is 2.23. The molecular weight excluding hydrogens is 190 g/mol. The Morgan fingerprint density at radius 1 is 1.47 bits per heavy atom. The molecule has 1 aliphatic rings. The molecule has 3 heteroatoms. The second-order valence-corrected chi connectivity index (χ2v) is 4.47. The highest BCUT2D eigenvalue weighted by Gasteiger charge is 2.28.